The number of benzene rings is 2. The van der Waals surface area contributed by atoms with E-state index in [1.54, 1.807) is 0 Å². The lowest BCUT2D eigenvalue weighted by Gasteiger charge is -2.37. The highest BCUT2D eigenvalue weighted by atomic mass is 16.1. The summed E-state index contributed by atoms with van der Waals surface area (Å²) in [6, 6.07) is 26.6. The zero-order valence-corrected chi connectivity index (χ0v) is 17.9. The lowest BCUT2D eigenvalue weighted by molar-refractivity contribution is -0.123. The lowest BCUT2D eigenvalue weighted by Crippen LogP contribution is -2.48. The Morgan fingerprint density at radius 2 is 1.58 bits per heavy atom. The molecule has 2 unspecified atom stereocenters. The molecule has 0 aliphatic heterocycles. The molecule has 0 saturated heterocycles. The number of primary amides is 1. The fraction of sp³-hybridized carbons (Fsp3) is 0.333. The first kappa shape index (κ1) is 21.3. The molecule has 4 rings (SSSR count). The summed E-state index contributed by atoms with van der Waals surface area (Å²) < 4.78 is 0. The minimum absolute atomic E-state index is 0.170. The fourth-order valence-corrected chi connectivity index (χ4v) is 5.21. The van der Waals surface area contributed by atoms with Gasteiger partial charge in [-0.25, -0.2) is 0 Å². The van der Waals surface area contributed by atoms with Crippen LogP contribution in [0.5, 0.6) is 0 Å². The number of carbonyl (C=O) groups is 1. The van der Waals surface area contributed by atoms with Crippen molar-refractivity contribution in [3.63, 3.8) is 0 Å². The molecule has 2 atom stereocenters. The standard InChI is InChI=1S/C27H31N3O/c28-26(31)27(21-10-3-1-4-11-21,22-12-5-2-6-13-22)23-16-17-25(20-23)30-19-9-15-24-14-7-8-18-29-24/h1-8,10-14,18,23,25,30H,9,15-17,19-20H2,(H2,28,31). The van der Waals surface area contributed by atoms with Crippen LogP contribution in [0.1, 0.15) is 42.5 Å². The third-order valence-corrected chi connectivity index (χ3v) is 6.66. The molecule has 3 N–H and O–H groups in total. The van der Waals surface area contributed by atoms with Crippen molar-refractivity contribution in [1.29, 1.82) is 0 Å². The molecule has 2 aromatic carbocycles. The van der Waals surface area contributed by atoms with Crippen molar-refractivity contribution in [3.05, 3.63) is 102 Å². The van der Waals surface area contributed by atoms with E-state index in [0.717, 1.165) is 55.5 Å². The number of pyridine rings is 1. The van der Waals surface area contributed by atoms with Crippen LogP contribution >= 0.6 is 0 Å². The van der Waals surface area contributed by atoms with Crippen LogP contribution in [-0.4, -0.2) is 23.5 Å². The first-order valence-electron chi connectivity index (χ1n) is 11.3. The van der Waals surface area contributed by atoms with Crippen LogP contribution in [-0.2, 0) is 16.6 Å². The Labute approximate surface area is 184 Å². The van der Waals surface area contributed by atoms with Gasteiger partial charge < -0.3 is 11.1 Å². The molecule has 160 valence electrons. The van der Waals surface area contributed by atoms with Crippen molar-refractivity contribution in [1.82, 2.24) is 10.3 Å². The Balaban J connectivity index is 1.49. The molecular weight excluding hydrogens is 382 g/mol. The summed E-state index contributed by atoms with van der Waals surface area (Å²) in [4.78, 5) is 17.5. The van der Waals surface area contributed by atoms with Crippen LogP contribution < -0.4 is 11.1 Å². The number of nitrogens with zero attached hydrogens (tertiary/aromatic N) is 1. The third kappa shape index (κ3) is 4.54. The van der Waals surface area contributed by atoms with Crippen molar-refractivity contribution < 1.29 is 4.79 Å². The molecule has 1 saturated carbocycles. The number of rotatable bonds is 9. The molecule has 0 bridgehead atoms. The van der Waals surface area contributed by atoms with Crippen molar-refractivity contribution >= 4 is 5.91 Å². The molecule has 1 fully saturated rings. The summed E-state index contributed by atoms with van der Waals surface area (Å²) in [6.07, 6.45) is 6.85. The van der Waals surface area contributed by atoms with Crippen molar-refractivity contribution in [2.24, 2.45) is 11.7 Å². The Morgan fingerprint density at radius 3 is 2.16 bits per heavy atom. The van der Waals surface area contributed by atoms with Gasteiger partial charge in [0.15, 0.2) is 0 Å². The molecule has 0 radical (unpaired) electrons. The quantitative estimate of drug-likeness (QED) is 0.516. The maximum Gasteiger partial charge on any atom is 0.232 e. The molecule has 4 nitrogen and oxygen atoms in total. The van der Waals surface area contributed by atoms with E-state index in [-0.39, 0.29) is 11.8 Å². The van der Waals surface area contributed by atoms with Gasteiger partial charge >= 0.3 is 0 Å². The average molecular weight is 414 g/mol. The van der Waals surface area contributed by atoms with Crippen molar-refractivity contribution in [2.45, 2.75) is 43.6 Å². The third-order valence-electron chi connectivity index (χ3n) is 6.66. The predicted molar refractivity (Wildman–Crippen MR) is 125 cm³/mol. The zero-order chi connectivity index (χ0) is 21.5. The smallest absolute Gasteiger partial charge is 0.232 e. The Hall–Kier alpha value is -2.98. The highest BCUT2D eigenvalue weighted by molar-refractivity contribution is 5.91. The van der Waals surface area contributed by atoms with Gasteiger partial charge in [0, 0.05) is 17.9 Å². The second-order valence-corrected chi connectivity index (χ2v) is 8.49. The highest BCUT2D eigenvalue weighted by Gasteiger charge is 2.49. The minimum atomic E-state index is -0.799. The van der Waals surface area contributed by atoms with Crippen LogP contribution in [0.4, 0.5) is 0 Å². The molecule has 1 amide bonds. The maximum atomic E-state index is 13.1. The molecule has 1 aliphatic carbocycles. The molecule has 1 heterocycles. The molecule has 1 aliphatic rings. The number of amides is 1. The zero-order valence-electron chi connectivity index (χ0n) is 17.9. The SMILES string of the molecule is NC(=O)C(c1ccccc1)(c1ccccc1)C1CCC(NCCCc2ccccn2)C1. The van der Waals surface area contributed by atoms with Crippen LogP contribution in [0, 0.1) is 5.92 Å². The predicted octanol–water partition coefficient (Wildman–Crippen LogP) is 4.24. The number of aromatic nitrogens is 1. The topological polar surface area (TPSA) is 68.0 Å². The van der Waals surface area contributed by atoms with Crippen LogP contribution in [0.25, 0.3) is 0 Å². The minimum Gasteiger partial charge on any atom is -0.369 e. The summed E-state index contributed by atoms with van der Waals surface area (Å²) in [5.41, 5.74) is 8.51. The molecule has 4 heteroatoms. The molecule has 3 aromatic rings. The van der Waals surface area contributed by atoms with Crippen LogP contribution in [0.2, 0.25) is 0 Å². The number of nitrogens with two attached hydrogens (primary N) is 1. The van der Waals surface area contributed by atoms with Gasteiger partial charge in [0.25, 0.3) is 0 Å². The van der Waals surface area contributed by atoms with E-state index >= 15 is 0 Å². The summed E-state index contributed by atoms with van der Waals surface area (Å²) in [7, 11) is 0. The van der Waals surface area contributed by atoms with Gasteiger partial charge in [0.05, 0.1) is 0 Å². The number of carbonyl (C=O) groups excluding carboxylic acids is 1. The normalized spacial score (nSPS) is 18.7. The van der Waals surface area contributed by atoms with Gasteiger partial charge in [0.1, 0.15) is 5.41 Å². The summed E-state index contributed by atoms with van der Waals surface area (Å²) in [5, 5.41) is 3.72. The first-order chi connectivity index (χ1) is 15.2. The number of hydrogen-bond acceptors (Lipinski definition) is 3. The molecule has 1 aromatic heterocycles. The lowest BCUT2D eigenvalue weighted by atomic mass is 9.64. The van der Waals surface area contributed by atoms with Crippen molar-refractivity contribution in [2.75, 3.05) is 6.54 Å². The van der Waals surface area contributed by atoms with Crippen LogP contribution in [0.3, 0.4) is 0 Å². The summed E-state index contributed by atoms with van der Waals surface area (Å²) in [6.45, 7) is 0.953. The van der Waals surface area contributed by atoms with Crippen molar-refractivity contribution in [3.8, 4) is 0 Å². The van der Waals surface area contributed by atoms with E-state index < -0.39 is 5.41 Å². The Morgan fingerprint density at radius 1 is 0.935 bits per heavy atom. The number of nitrogens with one attached hydrogen (secondary N) is 1. The van der Waals surface area contributed by atoms with Gasteiger partial charge in [-0.1, -0.05) is 66.7 Å². The second kappa shape index (κ2) is 9.88. The van der Waals surface area contributed by atoms with Gasteiger partial charge in [-0.3, -0.25) is 9.78 Å². The summed E-state index contributed by atoms with van der Waals surface area (Å²) in [5.74, 6) is -0.0891. The Bertz CT molecular complexity index is 920. The van der Waals surface area contributed by atoms with E-state index in [4.69, 9.17) is 5.73 Å². The van der Waals surface area contributed by atoms with E-state index in [1.165, 1.54) is 0 Å². The van der Waals surface area contributed by atoms with E-state index in [1.807, 2.05) is 79.0 Å². The largest absolute Gasteiger partial charge is 0.369 e. The van der Waals surface area contributed by atoms with Gasteiger partial charge in [-0.2, -0.15) is 0 Å². The summed E-state index contributed by atoms with van der Waals surface area (Å²) >= 11 is 0. The average Bonchev–Trinajstić information content (AvgIpc) is 3.28. The second-order valence-electron chi connectivity index (χ2n) is 8.49. The van der Waals surface area contributed by atoms with Gasteiger partial charge in [0.2, 0.25) is 5.91 Å². The molecule has 31 heavy (non-hydrogen) atoms. The molecule has 0 spiro atoms. The van der Waals surface area contributed by atoms with E-state index in [2.05, 4.69) is 16.4 Å². The fourth-order valence-electron chi connectivity index (χ4n) is 5.21. The number of aryl methyl sites for hydroxylation is 1. The number of hydrogen-bond donors (Lipinski definition) is 2. The maximum absolute atomic E-state index is 13.1. The van der Waals surface area contributed by atoms with Gasteiger partial charge in [-0.05, 0) is 67.8 Å². The first-order valence-corrected chi connectivity index (χ1v) is 11.3. The molecular formula is C27H31N3O. The monoisotopic (exact) mass is 413 g/mol. The highest BCUT2D eigenvalue weighted by Crippen LogP contribution is 2.46. The Kier molecular flexibility index (Phi) is 6.78. The van der Waals surface area contributed by atoms with Gasteiger partial charge in [-0.15, -0.1) is 0 Å². The van der Waals surface area contributed by atoms with Crippen LogP contribution in [0.15, 0.2) is 85.1 Å². The van der Waals surface area contributed by atoms with E-state index in [9.17, 15) is 4.79 Å². The van der Waals surface area contributed by atoms with E-state index in [0.29, 0.717) is 6.04 Å².